The highest BCUT2D eigenvalue weighted by Gasteiger charge is 2.16. The Morgan fingerprint density at radius 3 is 2.50 bits per heavy atom. The van der Waals surface area contributed by atoms with Crippen molar-refractivity contribution >= 4 is 5.82 Å². The zero-order valence-electron chi connectivity index (χ0n) is 10.6. The van der Waals surface area contributed by atoms with Gasteiger partial charge in [0.25, 0.3) is 0 Å². The van der Waals surface area contributed by atoms with Crippen LogP contribution >= 0.6 is 0 Å². The van der Waals surface area contributed by atoms with E-state index in [0.29, 0.717) is 18.4 Å². The summed E-state index contributed by atoms with van der Waals surface area (Å²) in [6.45, 7) is 7.74. The molecule has 0 atom stereocenters. The number of aliphatic hydroxyl groups excluding tert-OH is 1. The molecule has 1 aromatic rings. The average Bonchev–Trinajstić information content (AvgIpc) is 2.43. The van der Waals surface area contributed by atoms with E-state index in [1.807, 2.05) is 14.0 Å². The van der Waals surface area contributed by atoms with Crippen LogP contribution in [0.4, 0.5) is 5.82 Å². The van der Waals surface area contributed by atoms with Crippen LogP contribution < -0.4 is 5.73 Å². The second kappa shape index (κ2) is 5.32. The quantitative estimate of drug-likeness (QED) is 0.768. The molecule has 0 unspecified atom stereocenters. The molecule has 0 fully saturated rings. The normalized spacial score (nSPS) is 11.7. The van der Waals surface area contributed by atoms with E-state index in [1.165, 1.54) is 0 Å². The van der Waals surface area contributed by atoms with Gasteiger partial charge in [-0.2, -0.15) is 5.10 Å². The summed E-state index contributed by atoms with van der Waals surface area (Å²) in [5.41, 5.74) is 7.98. The fourth-order valence-electron chi connectivity index (χ4n) is 1.77. The van der Waals surface area contributed by atoms with Crippen LogP contribution in [0.15, 0.2) is 0 Å². The Balaban J connectivity index is 2.84. The van der Waals surface area contributed by atoms with Crippen LogP contribution in [-0.4, -0.2) is 39.0 Å². The Kier molecular flexibility index (Phi) is 4.32. The molecule has 0 spiro atoms. The molecule has 5 nitrogen and oxygen atoms in total. The third-order valence-corrected chi connectivity index (χ3v) is 2.87. The van der Waals surface area contributed by atoms with Gasteiger partial charge in [0.15, 0.2) is 0 Å². The van der Waals surface area contributed by atoms with E-state index in [9.17, 15) is 0 Å². The zero-order chi connectivity index (χ0) is 12.3. The minimum atomic E-state index is 0.164. The highest BCUT2D eigenvalue weighted by atomic mass is 16.3. The minimum absolute atomic E-state index is 0.164. The predicted octanol–water partition coefficient (Wildman–Crippen LogP) is 0.513. The number of nitrogen functional groups attached to an aromatic ring is 1. The summed E-state index contributed by atoms with van der Waals surface area (Å²) < 4.78 is 1.70. The van der Waals surface area contributed by atoms with Crippen LogP contribution in [0.5, 0.6) is 0 Å². The van der Waals surface area contributed by atoms with Gasteiger partial charge in [0, 0.05) is 31.7 Å². The molecule has 16 heavy (non-hydrogen) atoms. The standard InChI is InChI=1S/C11H22N4O/c1-8(2)15(5-6-16)7-10-9(3)13-14(4)11(10)12/h8,16H,5-7,12H2,1-4H3. The van der Waals surface area contributed by atoms with Gasteiger partial charge in [-0.1, -0.05) is 0 Å². The molecule has 0 bridgehead atoms. The summed E-state index contributed by atoms with van der Waals surface area (Å²) in [6, 6.07) is 0.381. The van der Waals surface area contributed by atoms with Crippen LogP contribution in [0, 0.1) is 6.92 Å². The third kappa shape index (κ3) is 2.74. The summed E-state index contributed by atoms with van der Waals surface area (Å²) in [4.78, 5) is 2.18. The third-order valence-electron chi connectivity index (χ3n) is 2.87. The fraction of sp³-hybridized carbons (Fsp3) is 0.727. The van der Waals surface area contributed by atoms with Gasteiger partial charge in [0.1, 0.15) is 5.82 Å². The van der Waals surface area contributed by atoms with Crippen LogP contribution in [0.3, 0.4) is 0 Å². The molecule has 0 saturated heterocycles. The van der Waals surface area contributed by atoms with E-state index in [-0.39, 0.29) is 6.61 Å². The van der Waals surface area contributed by atoms with Gasteiger partial charge in [0.2, 0.25) is 0 Å². The van der Waals surface area contributed by atoms with E-state index in [2.05, 4.69) is 23.8 Å². The van der Waals surface area contributed by atoms with Gasteiger partial charge in [-0.15, -0.1) is 0 Å². The maximum Gasteiger partial charge on any atom is 0.126 e. The first-order chi connectivity index (χ1) is 7.47. The number of hydrogen-bond donors (Lipinski definition) is 2. The SMILES string of the molecule is Cc1nn(C)c(N)c1CN(CCO)C(C)C. The van der Waals surface area contributed by atoms with Gasteiger partial charge >= 0.3 is 0 Å². The summed E-state index contributed by atoms with van der Waals surface area (Å²) >= 11 is 0. The molecule has 0 radical (unpaired) electrons. The van der Waals surface area contributed by atoms with Gasteiger partial charge in [-0.3, -0.25) is 9.58 Å². The molecule has 1 rings (SSSR count). The van der Waals surface area contributed by atoms with E-state index in [1.54, 1.807) is 4.68 Å². The predicted molar refractivity (Wildman–Crippen MR) is 65.0 cm³/mol. The molecule has 3 N–H and O–H groups in total. The Morgan fingerprint density at radius 2 is 2.12 bits per heavy atom. The van der Waals surface area contributed by atoms with E-state index < -0.39 is 0 Å². The van der Waals surface area contributed by atoms with Gasteiger partial charge in [-0.25, -0.2) is 0 Å². The molecule has 0 aliphatic heterocycles. The molecule has 92 valence electrons. The number of aromatic nitrogens is 2. The number of hydrogen-bond acceptors (Lipinski definition) is 4. The monoisotopic (exact) mass is 226 g/mol. The lowest BCUT2D eigenvalue weighted by Gasteiger charge is -2.25. The summed E-state index contributed by atoms with van der Waals surface area (Å²) in [6.07, 6.45) is 0. The maximum atomic E-state index is 9.01. The number of rotatable bonds is 5. The summed E-state index contributed by atoms with van der Waals surface area (Å²) in [5.74, 6) is 0.709. The minimum Gasteiger partial charge on any atom is -0.395 e. The number of anilines is 1. The lowest BCUT2D eigenvalue weighted by molar-refractivity contribution is 0.159. The molecule has 0 aliphatic carbocycles. The molecule has 0 aromatic carbocycles. The topological polar surface area (TPSA) is 67.3 Å². The first-order valence-corrected chi connectivity index (χ1v) is 5.60. The Morgan fingerprint density at radius 1 is 1.50 bits per heavy atom. The van der Waals surface area contributed by atoms with Crippen molar-refractivity contribution in [3.63, 3.8) is 0 Å². The Labute approximate surface area is 96.9 Å². The van der Waals surface area contributed by atoms with Crippen molar-refractivity contribution in [2.45, 2.75) is 33.4 Å². The molecule has 1 heterocycles. The number of aryl methyl sites for hydroxylation is 2. The Bertz CT molecular complexity index is 346. The van der Waals surface area contributed by atoms with Crippen molar-refractivity contribution < 1.29 is 5.11 Å². The first kappa shape index (κ1) is 13.0. The summed E-state index contributed by atoms with van der Waals surface area (Å²) in [7, 11) is 1.84. The van der Waals surface area contributed by atoms with Crippen molar-refractivity contribution in [1.82, 2.24) is 14.7 Å². The van der Waals surface area contributed by atoms with Gasteiger partial charge in [-0.05, 0) is 20.8 Å². The van der Waals surface area contributed by atoms with Crippen molar-refractivity contribution in [1.29, 1.82) is 0 Å². The molecule has 1 aromatic heterocycles. The number of nitrogens with zero attached hydrogens (tertiary/aromatic N) is 3. The maximum absolute atomic E-state index is 9.01. The lowest BCUT2D eigenvalue weighted by atomic mass is 10.2. The van der Waals surface area contributed by atoms with Crippen LogP contribution in [0.25, 0.3) is 0 Å². The fourth-order valence-corrected chi connectivity index (χ4v) is 1.77. The zero-order valence-corrected chi connectivity index (χ0v) is 10.6. The molecule has 0 saturated carbocycles. The molecular formula is C11H22N4O. The van der Waals surface area contributed by atoms with Gasteiger partial charge < -0.3 is 10.8 Å². The van der Waals surface area contributed by atoms with Gasteiger partial charge in [0.05, 0.1) is 12.3 Å². The van der Waals surface area contributed by atoms with Crippen molar-refractivity contribution in [2.75, 3.05) is 18.9 Å². The smallest absolute Gasteiger partial charge is 0.126 e. The lowest BCUT2D eigenvalue weighted by Crippen LogP contribution is -2.33. The van der Waals surface area contributed by atoms with Crippen LogP contribution in [0.1, 0.15) is 25.1 Å². The van der Waals surface area contributed by atoms with E-state index >= 15 is 0 Å². The largest absolute Gasteiger partial charge is 0.395 e. The first-order valence-electron chi connectivity index (χ1n) is 5.60. The second-order valence-electron chi connectivity index (χ2n) is 4.36. The van der Waals surface area contributed by atoms with E-state index in [4.69, 9.17) is 10.8 Å². The molecular weight excluding hydrogens is 204 g/mol. The Hall–Kier alpha value is -1.07. The highest BCUT2D eigenvalue weighted by molar-refractivity contribution is 5.42. The number of aliphatic hydroxyl groups is 1. The van der Waals surface area contributed by atoms with Crippen LogP contribution in [-0.2, 0) is 13.6 Å². The van der Waals surface area contributed by atoms with Crippen molar-refractivity contribution in [3.05, 3.63) is 11.3 Å². The van der Waals surface area contributed by atoms with Crippen molar-refractivity contribution in [2.24, 2.45) is 7.05 Å². The molecule has 0 aliphatic rings. The second-order valence-corrected chi connectivity index (χ2v) is 4.36. The van der Waals surface area contributed by atoms with E-state index in [0.717, 1.165) is 17.8 Å². The molecule has 5 heteroatoms. The average molecular weight is 226 g/mol. The van der Waals surface area contributed by atoms with Crippen molar-refractivity contribution in [3.8, 4) is 0 Å². The van der Waals surface area contributed by atoms with Crippen LogP contribution in [0.2, 0.25) is 0 Å². The molecule has 0 amide bonds. The summed E-state index contributed by atoms with van der Waals surface area (Å²) in [5, 5.41) is 13.3. The number of nitrogens with two attached hydrogens (primary N) is 1. The highest BCUT2D eigenvalue weighted by Crippen LogP contribution is 2.18.